The molecule has 1 aliphatic rings. The minimum atomic E-state index is -0.192. The Morgan fingerprint density at radius 3 is 2.76 bits per heavy atom. The largest absolute Gasteiger partial charge is 0.337 e. The first-order valence-electron chi connectivity index (χ1n) is 8.55. The van der Waals surface area contributed by atoms with Crippen molar-refractivity contribution in [3.8, 4) is 0 Å². The van der Waals surface area contributed by atoms with Gasteiger partial charge in [0.15, 0.2) is 0 Å². The predicted molar refractivity (Wildman–Crippen MR) is 100 cm³/mol. The standard InChI is InChI=1S/C19H23N3O2S/c1-12-10-16(25-14(12)3)19(24)22-9-5-7-15(11-22)18(23)21-17-8-4-6-13(2)20-17/h4,6,8,10,15H,5,7,9,11H2,1-3H3,(H,20,21,23). The Morgan fingerprint density at radius 2 is 2.08 bits per heavy atom. The van der Waals surface area contributed by atoms with Gasteiger partial charge in [0.2, 0.25) is 5.91 Å². The van der Waals surface area contributed by atoms with Crippen LogP contribution in [-0.4, -0.2) is 34.8 Å². The lowest BCUT2D eigenvalue weighted by Crippen LogP contribution is -2.43. The van der Waals surface area contributed by atoms with Crippen LogP contribution in [0.5, 0.6) is 0 Å². The number of likely N-dealkylation sites (tertiary alicyclic amines) is 1. The maximum atomic E-state index is 12.7. The van der Waals surface area contributed by atoms with E-state index < -0.39 is 0 Å². The minimum absolute atomic E-state index is 0.0346. The van der Waals surface area contributed by atoms with Gasteiger partial charge in [0, 0.05) is 23.7 Å². The smallest absolute Gasteiger partial charge is 0.263 e. The summed E-state index contributed by atoms with van der Waals surface area (Å²) in [6.07, 6.45) is 1.64. The highest BCUT2D eigenvalue weighted by Gasteiger charge is 2.29. The van der Waals surface area contributed by atoms with Crippen LogP contribution in [0.3, 0.4) is 0 Å². The molecular formula is C19H23N3O2S. The molecule has 0 aliphatic carbocycles. The monoisotopic (exact) mass is 357 g/mol. The highest BCUT2D eigenvalue weighted by Crippen LogP contribution is 2.25. The third-order valence-electron chi connectivity index (χ3n) is 4.60. The van der Waals surface area contributed by atoms with Gasteiger partial charge < -0.3 is 10.2 Å². The van der Waals surface area contributed by atoms with Crippen molar-refractivity contribution in [2.45, 2.75) is 33.6 Å². The maximum Gasteiger partial charge on any atom is 0.263 e. The van der Waals surface area contributed by atoms with Crippen molar-refractivity contribution in [2.75, 3.05) is 18.4 Å². The second-order valence-electron chi connectivity index (χ2n) is 6.59. The van der Waals surface area contributed by atoms with Gasteiger partial charge in [-0.2, -0.15) is 0 Å². The Kier molecular flexibility index (Phi) is 5.18. The number of aromatic nitrogens is 1. The number of anilines is 1. The number of carbonyl (C=O) groups excluding carboxylic acids is 2. The molecule has 2 aromatic rings. The van der Waals surface area contributed by atoms with E-state index in [4.69, 9.17) is 0 Å². The number of hydrogen-bond donors (Lipinski definition) is 1. The summed E-state index contributed by atoms with van der Waals surface area (Å²) < 4.78 is 0. The molecule has 1 fully saturated rings. The van der Waals surface area contributed by atoms with Gasteiger partial charge >= 0.3 is 0 Å². The Labute approximate surface area is 152 Å². The van der Waals surface area contributed by atoms with E-state index >= 15 is 0 Å². The summed E-state index contributed by atoms with van der Waals surface area (Å²) in [6.45, 7) is 7.11. The van der Waals surface area contributed by atoms with Gasteiger partial charge in [-0.25, -0.2) is 4.98 Å². The molecule has 1 N–H and O–H groups in total. The van der Waals surface area contributed by atoms with Crippen LogP contribution in [0.15, 0.2) is 24.3 Å². The maximum absolute atomic E-state index is 12.7. The van der Waals surface area contributed by atoms with Crippen molar-refractivity contribution in [1.82, 2.24) is 9.88 Å². The molecule has 2 aromatic heterocycles. The van der Waals surface area contributed by atoms with Crippen LogP contribution < -0.4 is 5.32 Å². The summed E-state index contributed by atoms with van der Waals surface area (Å²) in [7, 11) is 0. The van der Waals surface area contributed by atoms with E-state index in [9.17, 15) is 9.59 Å². The zero-order chi connectivity index (χ0) is 18.0. The van der Waals surface area contributed by atoms with Crippen molar-refractivity contribution >= 4 is 29.0 Å². The summed E-state index contributed by atoms with van der Waals surface area (Å²) in [5, 5.41) is 2.88. The highest BCUT2D eigenvalue weighted by atomic mass is 32.1. The third-order valence-corrected chi connectivity index (χ3v) is 5.74. The van der Waals surface area contributed by atoms with E-state index in [1.54, 1.807) is 6.07 Å². The number of piperidine rings is 1. The number of pyridine rings is 1. The lowest BCUT2D eigenvalue weighted by atomic mass is 9.97. The number of aryl methyl sites for hydroxylation is 3. The molecule has 25 heavy (non-hydrogen) atoms. The number of nitrogens with one attached hydrogen (secondary N) is 1. The van der Waals surface area contributed by atoms with E-state index in [2.05, 4.69) is 10.3 Å². The lowest BCUT2D eigenvalue weighted by Gasteiger charge is -2.31. The fraction of sp³-hybridized carbons (Fsp3) is 0.421. The number of thiophene rings is 1. The van der Waals surface area contributed by atoms with E-state index in [-0.39, 0.29) is 17.7 Å². The molecule has 1 saturated heterocycles. The van der Waals surface area contributed by atoms with Crippen LogP contribution >= 0.6 is 11.3 Å². The van der Waals surface area contributed by atoms with Gasteiger partial charge in [-0.15, -0.1) is 11.3 Å². The predicted octanol–water partition coefficient (Wildman–Crippen LogP) is 3.56. The van der Waals surface area contributed by atoms with E-state index in [1.807, 2.05) is 43.9 Å². The molecule has 6 heteroatoms. The molecule has 2 amide bonds. The number of hydrogen-bond acceptors (Lipinski definition) is 4. The molecule has 0 spiro atoms. The topological polar surface area (TPSA) is 62.3 Å². The Hall–Kier alpha value is -2.21. The number of nitrogens with zero attached hydrogens (tertiary/aromatic N) is 2. The molecule has 0 aromatic carbocycles. The van der Waals surface area contributed by atoms with Crippen LogP contribution in [0, 0.1) is 26.7 Å². The second-order valence-corrected chi connectivity index (χ2v) is 7.85. The van der Waals surface area contributed by atoms with E-state index in [1.165, 1.54) is 16.2 Å². The molecule has 3 heterocycles. The highest BCUT2D eigenvalue weighted by molar-refractivity contribution is 7.14. The molecule has 3 rings (SSSR count). The summed E-state index contributed by atoms with van der Waals surface area (Å²) in [6, 6.07) is 7.49. The minimum Gasteiger partial charge on any atom is -0.337 e. The van der Waals surface area contributed by atoms with Gasteiger partial charge in [-0.1, -0.05) is 6.07 Å². The lowest BCUT2D eigenvalue weighted by molar-refractivity contribution is -0.121. The first-order valence-corrected chi connectivity index (χ1v) is 9.36. The molecule has 0 saturated carbocycles. The molecule has 0 radical (unpaired) electrons. The van der Waals surface area contributed by atoms with Crippen molar-refractivity contribution in [3.05, 3.63) is 45.3 Å². The average molecular weight is 357 g/mol. The fourth-order valence-corrected chi connectivity index (χ4v) is 4.05. The second kappa shape index (κ2) is 7.35. The van der Waals surface area contributed by atoms with Crippen molar-refractivity contribution in [1.29, 1.82) is 0 Å². The molecule has 1 atom stereocenters. The Balaban J connectivity index is 1.66. The number of carbonyl (C=O) groups is 2. The number of rotatable bonds is 3. The third kappa shape index (κ3) is 4.07. The van der Waals surface area contributed by atoms with Gasteiger partial charge in [-0.05, 0) is 57.4 Å². The van der Waals surface area contributed by atoms with Crippen LogP contribution in [0.2, 0.25) is 0 Å². The zero-order valence-corrected chi connectivity index (χ0v) is 15.7. The van der Waals surface area contributed by atoms with Crippen molar-refractivity contribution < 1.29 is 9.59 Å². The summed E-state index contributed by atoms with van der Waals surface area (Å²) in [5.74, 6) is 0.349. The zero-order valence-electron chi connectivity index (χ0n) is 14.8. The molecule has 1 aliphatic heterocycles. The van der Waals surface area contributed by atoms with Crippen LogP contribution in [0.4, 0.5) is 5.82 Å². The van der Waals surface area contributed by atoms with Crippen LogP contribution in [0.1, 0.15) is 38.6 Å². The van der Waals surface area contributed by atoms with E-state index in [0.29, 0.717) is 18.9 Å². The van der Waals surface area contributed by atoms with Gasteiger partial charge in [-0.3, -0.25) is 9.59 Å². The summed E-state index contributed by atoms with van der Waals surface area (Å²) in [5.41, 5.74) is 2.01. The Morgan fingerprint density at radius 1 is 1.28 bits per heavy atom. The first-order chi connectivity index (χ1) is 11.9. The Bertz CT molecular complexity index is 780. The van der Waals surface area contributed by atoms with Gasteiger partial charge in [0.1, 0.15) is 5.82 Å². The van der Waals surface area contributed by atoms with Gasteiger partial charge in [0.25, 0.3) is 5.91 Å². The van der Waals surface area contributed by atoms with Crippen molar-refractivity contribution in [3.63, 3.8) is 0 Å². The fourth-order valence-electron chi connectivity index (χ4n) is 3.05. The molecule has 132 valence electrons. The normalized spacial score (nSPS) is 17.4. The molecule has 1 unspecified atom stereocenters. The molecule has 0 bridgehead atoms. The van der Waals surface area contributed by atoms with Crippen LogP contribution in [-0.2, 0) is 4.79 Å². The van der Waals surface area contributed by atoms with E-state index in [0.717, 1.165) is 29.0 Å². The van der Waals surface area contributed by atoms with Gasteiger partial charge in [0.05, 0.1) is 10.8 Å². The summed E-state index contributed by atoms with van der Waals surface area (Å²) >= 11 is 1.53. The van der Waals surface area contributed by atoms with Crippen molar-refractivity contribution in [2.24, 2.45) is 5.92 Å². The SMILES string of the molecule is Cc1cccc(NC(=O)C2CCCN(C(=O)c3cc(C)c(C)s3)C2)n1. The quantitative estimate of drug-likeness (QED) is 0.913. The van der Waals surface area contributed by atoms with Crippen LogP contribution in [0.25, 0.3) is 0 Å². The molecular weight excluding hydrogens is 334 g/mol. The molecule has 5 nitrogen and oxygen atoms in total. The average Bonchev–Trinajstić information content (AvgIpc) is 2.93. The first kappa shape index (κ1) is 17.6. The summed E-state index contributed by atoms with van der Waals surface area (Å²) in [4.78, 5) is 33.3. The number of amides is 2.